The Bertz CT molecular complexity index is 889. The number of ketones is 1. The molecular formula is C16H14N2O4S. The molecule has 0 atom stereocenters. The molecule has 1 amide bonds. The number of Topliss-reactive ketones (excluding diaryl/α,β-unsaturated/α-hetero) is 1. The Balaban J connectivity index is 2.06. The van der Waals surface area contributed by atoms with E-state index in [1.165, 1.54) is 31.2 Å². The molecule has 0 radical (unpaired) electrons. The second-order valence-corrected chi connectivity index (χ2v) is 7.02. The smallest absolute Gasteiger partial charge is 0.264 e. The maximum Gasteiger partial charge on any atom is 0.264 e. The van der Waals surface area contributed by atoms with Gasteiger partial charge in [-0.3, -0.25) is 13.9 Å². The number of nitrogens with zero attached hydrogens (tertiary/aromatic N) is 1. The van der Waals surface area contributed by atoms with Gasteiger partial charge in [-0.25, -0.2) is 8.42 Å². The predicted molar refractivity (Wildman–Crippen MR) is 86.1 cm³/mol. The Labute approximate surface area is 133 Å². The fourth-order valence-electron chi connectivity index (χ4n) is 2.41. The van der Waals surface area contributed by atoms with Crippen LogP contribution in [0, 0.1) is 0 Å². The van der Waals surface area contributed by atoms with Gasteiger partial charge in [0.25, 0.3) is 10.0 Å². The first-order chi connectivity index (χ1) is 10.9. The van der Waals surface area contributed by atoms with Crippen molar-refractivity contribution in [2.75, 3.05) is 16.2 Å². The quantitative estimate of drug-likeness (QED) is 0.873. The Morgan fingerprint density at radius 1 is 1.09 bits per heavy atom. The number of benzene rings is 2. The summed E-state index contributed by atoms with van der Waals surface area (Å²) in [7, 11) is -3.89. The highest BCUT2D eigenvalue weighted by molar-refractivity contribution is 7.92. The second kappa shape index (κ2) is 5.51. The normalized spacial score (nSPS) is 14.1. The van der Waals surface area contributed by atoms with Crippen LogP contribution in [-0.4, -0.2) is 26.7 Å². The van der Waals surface area contributed by atoms with Crippen molar-refractivity contribution < 1.29 is 18.0 Å². The van der Waals surface area contributed by atoms with E-state index in [0.717, 1.165) is 4.31 Å². The van der Waals surface area contributed by atoms with Gasteiger partial charge in [0, 0.05) is 5.56 Å². The van der Waals surface area contributed by atoms with Crippen LogP contribution in [0.3, 0.4) is 0 Å². The molecule has 1 N–H and O–H groups in total. The number of hydrogen-bond donors (Lipinski definition) is 1. The fourth-order valence-corrected chi connectivity index (χ4v) is 3.85. The van der Waals surface area contributed by atoms with Crippen molar-refractivity contribution in [3.63, 3.8) is 0 Å². The zero-order valence-corrected chi connectivity index (χ0v) is 13.1. The zero-order valence-electron chi connectivity index (χ0n) is 12.3. The van der Waals surface area contributed by atoms with E-state index in [2.05, 4.69) is 5.32 Å². The Morgan fingerprint density at radius 3 is 2.39 bits per heavy atom. The SMILES string of the molecule is CC(=O)c1ccc(S(=O)(=O)N2CC(=O)Nc3ccccc32)cc1. The maximum atomic E-state index is 12.8. The van der Waals surface area contributed by atoms with Crippen LogP contribution in [-0.2, 0) is 14.8 Å². The molecule has 2 aromatic rings. The van der Waals surface area contributed by atoms with Gasteiger partial charge >= 0.3 is 0 Å². The molecule has 6 nitrogen and oxygen atoms in total. The number of para-hydroxylation sites is 2. The van der Waals surface area contributed by atoms with Gasteiger partial charge in [0.15, 0.2) is 5.78 Å². The van der Waals surface area contributed by atoms with Gasteiger partial charge in [-0.15, -0.1) is 0 Å². The summed E-state index contributed by atoms with van der Waals surface area (Å²) in [6.45, 7) is 1.13. The number of rotatable bonds is 3. The van der Waals surface area contributed by atoms with Crippen molar-refractivity contribution in [1.82, 2.24) is 0 Å². The van der Waals surface area contributed by atoms with E-state index in [9.17, 15) is 18.0 Å². The van der Waals surface area contributed by atoms with E-state index >= 15 is 0 Å². The van der Waals surface area contributed by atoms with E-state index in [0.29, 0.717) is 16.9 Å². The largest absolute Gasteiger partial charge is 0.323 e. The lowest BCUT2D eigenvalue weighted by Gasteiger charge is -2.30. The minimum absolute atomic E-state index is 0.0343. The third kappa shape index (κ3) is 2.70. The first-order valence-corrected chi connectivity index (χ1v) is 8.36. The number of anilines is 2. The van der Waals surface area contributed by atoms with E-state index in [4.69, 9.17) is 0 Å². The average Bonchev–Trinajstić information content (AvgIpc) is 2.54. The van der Waals surface area contributed by atoms with Crippen molar-refractivity contribution in [2.45, 2.75) is 11.8 Å². The van der Waals surface area contributed by atoms with Crippen LogP contribution in [0.2, 0.25) is 0 Å². The molecule has 0 fully saturated rings. The highest BCUT2D eigenvalue weighted by atomic mass is 32.2. The predicted octanol–water partition coefficient (Wildman–Crippen LogP) is 2.04. The first kappa shape index (κ1) is 15.2. The molecule has 23 heavy (non-hydrogen) atoms. The third-order valence-corrected chi connectivity index (χ3v) is 5.36. The van der Waals surface area contributed by atoms with E-state index < -0.39 is 15.9 Å². The molecule has 7 heteroatoms. The Hall–Kier alpha value is -2.67. The van der Waals surface area contributed by atoms with Gasteiger partial charge in [0.2, 0.25) is 5.91 Å². The van der Waals surface area contributed by atoms with Crippen molar-refractivity contribution in [1.29, 1.82) is 0 Å². The maximum absolute atomic E-state index is 12.8. The van der Waals surface area contributed by atoms with E-state index in [1.54, 1.807) is 24.3 Å². The number of hydrogen-bond acceptors (Lipinski definition) is 4. The molecular weight excluding hydrogens is 316 g/mol. The fraction of sp³-hybridized carbons (Fsp3) is 0.125. The van der Waals surface area contributed by atoms with Crippen LogP contribution >= 0.6 is 0 Å². The van der Waals surface area contributed by atoms with Gasteiger partial charge in [0.05, 0.1) is 16.3 Å². The Kier molecular flexibility index (Phi) is 3.65. The summed E-state index contributed by atoms with van der Waals surface area (Å²) >= 11 is 0. The molecule has 0 unspecified atom stereocenters. The molecule has 118 valence electrons. The average molecular weight is 330 g/mol. The van der Waals surface area contributed by atoms with Crippen molar-refractivity contribution in [3.05, 3.63) is 54.1 Å². The topological polar surface area (TPSA) is 83.6 Å². The van der Waals surface area contributed by atoms with Crippen LogP contribution in [0.25, 0.3) is 0 Å². The Morgan fingerprint density at radius 2 is 1.74 bits per heavy atom. The van der Waals surface area contributed by atoms with Gasteiger partial charge in [0.1, 0.15) is 6.54 Å². The summed E-state index contributed by atoms with van der Waals surface area (Å²) in [5.74, 6) is -0.538. The summed E-state index contributed by atoms with van der Waals surface area (Å²) < 4.78 is 26.7. The molecule has 3 rings (SSSR count). The molecule has 2 aromatic carbocycles. The van der Waals surface area contributed by atoms with Crippen LogP contribution < -0.4 is 9.62 Å². The first-order valence-electron chi connectivity index (χ1n) is 6.92. The third-order valence-electron chi connectivity index (χ3n) is 3.58. The van der Waals surface area contributed by atoms with Gasteiger partial charge in [-0.05, 0) is 31.2 Å². The molecule has 0 aliphatic carbocycles. The molecule has 0 bridgehead atoms. The summed E-state index contributed by atoms with van der Waals surface area (Å²) in [5.41, 5.74) is 1.30. The number of carbonyl (C=O) groups excluding carboxylic acids is 2. The molecule has 0 spiro atoms. The lowest BCUT2D eigenvalue weighted by molar-refractivity contribution is -0.115. The molecule has 0 saturated heterocycles. The van der Waals surface area contributed by atoms with E-state index in [1.807, 2.05) is 0 Å². The highest BCUT2D eigenvalue weighted by Gasteiger charge is 2.32. The number of amides is 1. The number of fused-ring (bicyclic) bond motifs is 1. The van der Waals surface area contributed by atoms with Crippen LogP contribution in [0.1, 0.15) is 17.3 Å². The number of carbonyl (C=O) groups is 2. The number of nitrogens with one attached hydrogen (secondary N) is 1. The highest BCUT2D eigenvalue weighted by Crippen LogP contribution is 2.33. The molecule has 1 heterocycles. The van der Waals surface area contributed by atoms with Crippen molar-refractivity contribution >= 4 is 33.1 Å². The molecule has 1 aliphatic heterocycles. The summed E-state index contributed by atoms with van der Waals surface area (Å²) in [6, 6.07) is 12.4. The van der Waals surface area contributed by atoms with Crippen molar-refractivity contribution in [2.24, 2.45) is 0 Å². The minimum Gasteiger partial charge on any atom is -0.323 e. The lowest BCUT2D eigenvalue weighted by atomic mass is 10.2. The minimum atomic E-state index is -3.89. The molecule has 0 saturated carbocycles. The molecule has 1 aliphatic rings. The van der Waals surface area contributed by atoms with Crippen LogP contribution in [0.4, 0.5) is 11.4 Å². The van der Waals surface area contributed by atoms with Crippen molar-refractivity contribution in [3.8, 4) is 0 Å². The summed E-state index contributed by atoms with van der Waals surface area (Å²) in [5, 5.41) is 2.65. The van der Waals surface area contributed by atoms with Gasteiger partial charge in [-0.1, -0.05) is 24.3 Å². The zero-order chi connectivity index (χ0) is 16.6. The van der Waals surface area contributed by atoms with E-state index in [-0.39, 0.29) is 17.2 Å². The lowest BCUT2D eigenvalue weighted by Crippen LogP contribution is -2.42. The van der Waals surface area contributed by atoms with Gasteiger partial charge < -0.3 is 5.32 Å². The van der Waals surface area contributed by atoms with Gasteiger partial charge in [-0.2, -0.15) is 0 Å². The standard InChI is InChI=1S/C16H14N2O4S/c1-11(19)12-6-8-13(9-7-12)23(21,22)18-10-16(20)17-14-4-2-3-5-15(14)18/h2-9H,10H2,1H3,(H,17,20). The summed E-state index contributed by atoms with van der Waals surface area (Å²) in [6.07, 6.45) is 0. The molecule has 0 aromatic heterocycles. The summed E-state index contributed by atoms with van der Waals surface area (Å²) in [4.78, 5) is 23.1. The van der Waals surface area contributed by atoms with Crippen LogP contribution in [0.5, 0.6) is 0 Å². The van der Waals surface area contributed by atoms with Crippen LogP contribution in [0.15, 0.2) is 53.4 Å². The number of sulfonamides is 1. The second-order valence-electron chi connectivity index (χ2n) is 5.16. The monoisotopic (exact) mass is 330 g/mol.